The van der Waals surface area contributed by atoms with Crippen molar-refractivity contribution in [1.82, 2.24) is 15.0 Å². The van der Waals surface area contributed by atoms with Crippen LogP contribution >= 0.6 is 0 Å². The van der Waals surface area contributed by atoms with Crippen LogP contribution in [-0.2, 0) is 12.8 Å². The van der Waals surface area contributed by atoms with Crippen molar-refractivity contribution in [1.29, 1.82) is 0 Å². The molecular formula is C16H13N3O. The van der Waals surface area contributed by atoms with Crippen molar-refractivity contribution in [3.8, 4) is 11.6 Å². The molecule has 1 aliphatic carbocycles. The second-order valence-electron chi connectivity index (χ2n) is 4.94. The maximum absolute atomic E-state index is 5.93. The Kier molecular flexibility index (Phi) is 2.59. The second kappa shape index (κ2) is 4.56. The van der Waals surface area contributed by atoms with Crippen LogP contribution < -0.4 is 4.74 Å². The van der Waals surface area contributed by atoms with Gasteiger partial charge >= 0.3 is 0 Å². The zero-order chi connectivity index (χ0) is 13.4. The van der Waals surface area contributed by atoms with Gasteiger partial charge in [0.25, 0.3) is 0 Å². The third kappa shape index (κ3) is 1.90. The van der Waals surface area contributed by atoms with Gasteiger partial charge in [-0.05, 0) is 54.7 Å². The summed E-state index contributed by atoms with van der Waals surface area (Å²) in [5.74, 6) is 1.38. The van der Waals surface area contributed by atoms with Crippen LogP contribution in [-0.4, -0.2) is 15.0 Å². The van der Waals surface area contributed by atoms with Gasteiger partial charge in [-0.25, -0.2) is 15.0 Å². The highest BCUT2D eigenvalue weighted by Gasteiger charge is 2.12. The third-order valence-corrected chi connectivity index (χ3v) is 3.66. The van der Waals surface area contributed by atoms with E-state index < -0.39 is 0 Å². The molecule has 98 valence electrons. The molecule has 0 radical (unpaired) electrons. The number of benzene rings is 1. The summed E-state index contributed by atoms with van der Waals surface area (Å²) in [4.78, 5) is 12.6. The van der Waals surface area contributed by atoms with Crippen molar-refractivity contribution in [2.24, 2.45) is 0 Å². The lowest BCUT2D eigenvalue weighted by atomic mass is 10.1. The number of hydrogen-bond acceptors (Lipinski definition) is 4. The standard InChI is InChI=1S/C16H13N3O/c1-3-11-6-7-13(9-12(11)4-1)20-16-14-5-2-8-17-15(14)18-10-19-16/h2,5-10H,1,3-4H2. The van der Waals surface area contributed by atoms with Crippen molar-refractivity contribution in [3.05, 3.63) is 54.0 Å². The van der Waals surface area contributed by atoms with Gasteiger partial charge in [-0.15, -0.1) is 0 Å². The number of pyridine rings is 1. The van der Waals surface area contributed by atoms with E-state index in [-0.39, 0.29) is 0 Å². The van der Waals surface area contributed by atoms with Gasteiger partial charge in [0, 0.05) is 6.20 Å². The van der Waals surface area contributed by atoms with Gasteiger partial charge in [0.05, 0.1) is 5.39 Å². The van der Waals surface area contributed by atoms with Crippen molar-refractivity contribution >= 4 is 11.0 Å². The van der Waals surface area contributed by atoms with Crippen LogP contribution in [0.2, 0.25) is 0 Å². The van der Waals surface area contributed by atoms with Crippen molar-refractivity contribution in [2.45, 2.75) is 19.3 Å². The maximum Gasteiger partial charge on any atom is 0.231 e. The fourth-order valence-electron chi connectivity index (χ4n) is 2.68. The lowest BCUT2D eigenvalue weighted by Gasteiger charge is -2.08. The molecule has 0 aliphatic heterocycles. The molecule has 1 aliphatic rings. The number of nitrogens with zero attached hydrogens (tertiary/aromatic N) is 3. The molecule has 0 amide bonds. The highest BCUT2D eigenvalue weighted by Crippen LogP contribution is 2.30. The lowest BCUT2D eigenvalue weighted by molar-refractivity contribution is 0.467. The molecule has 20 heavy (non-hydrogen) atoms. The molecule has 4 heteroatoms. The SMILES string of the molecule is c1cnc2ncnc(Oc3ccc4c(c3)CCC4)c2c1. The van der Waals surface area contributed by atoms with E-state index >= 15 is 0 Å². The van der Waals surface area contributed by atoms with E-state index in [0.29, 0.717) is 11.5 Å². The molecule has 0 atom stereocenters. The van der Waals surface area contributed by atoms with Gasteiger partial charge in [-0.3, -0.25) is 0 Å². The molecule has 4 nitrogen and oxygen atoms in total. The Labute approximate surface area is 116 Å². The van der Waals surface area contributed by atoms with Crippen molar-refractivity contribution in [2.75, 3.05) is 0 Å². The number of aryl methyl sites for hydroxylation is 2. The van der Waals surface area contributed by atoms with E-state index in [9.17, 15) is 0 Å². The monoisotopic (exact) mass is 263 g/mol. The number of hydrogen-bond donors (Lipinski definition) is 0. The Hall–Kier alpha value is -2.49. The second-order valence-corrected chi connectivity index (χ2v) is 4.94. The first-order chi connectivity index (χ1) is 9.90. The summed E-state index contributed by atoms with van der Waals surface area (Å²) in [6.45, 7) is 0. The fraction of sp³-hybridized carbons (Fsp3) is 0.188. The molecule has 0 saturated carbocycles. The summed E-state index contributed by atoms with van der Waals surface area (Å²) < 4.78 is 5.93. The molecule has 0 unspecified atom stereocenters. The summed E-state index contributed by atoms with van der Waals surface area (Å²) >= 11 is 0. The molecule has 0 fully saturated rings. The van der Waals surface area contributed by atoms with E-state index in [1.807, 2.05) is 18.2 Å². The highest BCUT2D eigenvalue weighted by atomic mass is 16.5. The molecule has 4 rings (SSSR count). The number of fused-ring (bicyclic) bond motifs is 2. The molecule has 0 saturated heterocycles. The Morgan fingerprint density at radius 3 is 2.90 bits per heavy atom. The first-order valence-electron chi connectivity index (χ1n) is 6.75. The Morgan fingerprint density at radius 1 is 0.950 bits per heavy atom. The van der Waals surface area contributed by atoms with Crippen LogP contribution in [0.4, 0.5) is 0 Å². The van der Waals surface area contributed by atoms with Crippen LogP contribution in [0, 0.1) is 0 Å². The van der Waals surface area contributed by atoms with Crippen molar-refractivity contribution in [3.63, 3.8) is 0 Å². The molecule has 0 N–H and O–H groups in total. The minimum Gasteiger partial charge on any atom is -0.438 e. The van der Waals surface area contributed by atoms with Gasteiger partial charge in [0.2, 0.25) is 5.88 Å². The Morgan fingerprint density at radius 2 is 1.90 bits per heavy atom. The summed E-state index contributed by atoms with van der Waals surface area (Å²) in [7, 11) is 0. The predicted octanol–water partition coefficient (Wildman–Crippen LogP) is 3.31. The largest absolute Gasteiger partial charge is 0.438 e. The molecule has 0 spiro atoms. The van der Waals surface area contributed by atoms with Crippen molar-refractivity contribution < 1.29 is 4.74 Å². The van der Waals surface area contributed by atoms with Crippen LogP contribution in [0.3, 0.4) is 0 Å². The van der Waals surface area contributed by atoms with Gasteiger partial charge in [0.1, 0.15) is 12.1 Å². The summed E-state index contributed by atoms with van der Waals surface area (Å²) in [6, 6.07) is 10.1. The minimum absolute atomic E-state index is 0.557. The van der Waals surface area contributed by atoms with E-state index in [1.54, 1.807) is 6.20 Å². The van der Waals surface area contributed by atoms with Gasteiger partial charge in [-0.2, -0.15) is 0 Å². The van der Waals surface area contributed by atoms with Crippen LogP contribution in [0.15, 0.2) is 42.9 Å². The van der Waals surface area contributed by atoms with Crippen LogP contribution in [0.25, 0.3) is 11.0 Å². The van der Waals surface area contributed by atoms with Crippen LogP contribution in [0.5, 0.6) is 11.6 Å². The molecule has 2 aromatic heterocycles. The first-order valence-corrected chi connectivity index (χ1v) is 6.75. The summed E-state index contributed by atoms with van der Waals surface area (Å²) in [5, 5.41) is 0.829. The van der Waals surface area contributed by atoms with E-state index in [1.165, 1.54) is 30.3 Å². The van der Waals surface area contributed by atoms with Crippen LogP contribution in [0.1, 0.15) is 17.5 Å². The van der Waals surface area contributed by atoms with Gasteiger partial charge in [-0.1, -0.05) is 6.07 Å². The summed E-state index contributed by atoms with van der Waals surface area (Å²) in [6.07, 6.45) is 6.75. The molecule has 2 heterocycles. The zero-order valence-corrected chi connectivity index (χ0v) is 10.9. The topological polar surface area (TPSA) is 47.9 Å². The third-order valence-electron chi connectivity index (χ3n) is 3.66. The molecule has 0 bridgehead atoms. The number of aromatic nitrogens is 3. The molecule has 1 aromatic carbocycles. The fourth-order valence-corrected chi connectivity index (χ4v) is 2.68. The Bertz CT molecular complexity index is 780. The smallest absolute Gasteiger partial charge is 0.231 e. The maximum atomic E-state index is 5.93. The van der Waals surface area contributed by atoms with E-state index in [2.05, 4.69) is 27.1 Å². The zero-order valence-electron chi connectivity index (χ0n) is 10.9. The van der Waals surface area contributed by atoms with E-state index in [0.717, 1.165) is 17.6 Å². The first kappa shape index (κ1) is 11.3. The normalized spacial score (nSPS) is 13.4. The molecule has 3 aromatic rings. The summed E-state index contributed by atoms with van der Waals surface area (Å²) in [5.41, 5.74) is 3.48. The number of rotatable bonds is 2. The highest BCUT2D eigenvalue weighted by molar-refractivity contribution is 5.79. The minimum atomic E-state index is 0.557. The van der Waals surface area contributed by atoms with Gasteiger partial charge in [0.15, 0.2) is 5.65 Å². The average molecular weight is 263 g/mol. The predicted molar refractivity (Wildman–Crippen MR) is 75.9 cm³/mol. The number of ether oxygens (including phenoxy) is 1. The molecular weight excluding hydrogens is 250 g/mol. The van der Waals surface area contributed by atoms with Gasteiger partial charge < -0.3 is 4.74 Å². The average Bonchev–Trinajstić information content (AvgIpc) is 2.95. The van der Waals surface area contributed by atoms with E-state index in [4.69, 9.17) is 4.74 Å². The Balaban J connectivity index is 1.74. The lowest BCUT2D eigenvalue weighted by Crippen LogP contribution is -1.93. The quantitative estimate of drug-likeness (QED) is 0.711.